The van der Waals surface area contributed by atoms with Crippen molar-refractivity contribution in [1.82, 2.24) is 29.5 Å². The number of benzene rings is 2. The number of carbonyl (C=O) groups is 2. The lowest BCUT2D eigenvalue weighted by Gasteiger charge is -2.41. The number of hydrogen-bond donors (Lipinski definition) is 2. The van der Waals surface area contributed by atoms with Crippen molar-refractivity contribution >= 4 is 67.8 Å². The quantitative estimate of drug-likeness (QED) is 0.167. The zero-order valence-corrected chi connectivity index (χ0v) is 30.5. The molecule has 0 aliphatic carbocycles. The second kappa shape index (κ2) is 12.6. The fraction of sp³-hybridized carbons (Fsp3) is 0.333. The molecule has 5 heterocycles. The second-order valence-electron chi connectivity index (χ2n) is 13.9. The Balaban J connectivity index is 1.27. The molecule has 3 aromatic heterocycles. The molecule has 2 aliphatic rings. The Bertz CT molecular complexity index is 2300. The van der Waals surface area contributed by atoms with Gasteiger partial charge in [-0.1, -0.05) is 24.3 Å². The van der Waals surface area contributed by atoms with Crippen LogP contribution in [0.15, 0.2) is 64.1 Å². The SMILES string of the molecule is CC(C)(C)OC(=O)N1CC(C(=O)N2CC=C(c3c(C(C)(I)n4nc(-c5cc(O)cc(F)c5)c5c(N)ncnc54)oc(=O)c4ccccc34)CC2)C1. The summed E-state index contributed by atoms with van der Waals surface area (Å²) in [6.45, 7) is 8.56. The average Bonchev–Trinajstić information content (AvgIpc) is 3.45. The van der Waals surface area contributed by atoms with Crippen LogP contribution in [-0.4, -0.2) is 78.4 Å². The highest BCUT2D eigenvalue weighted by Crippen LogP contribution is 2.44. The molecular weight excluding hydrogens is 772 g/mol. The molecule has 0 bridgehead atoms. The highest BCUT2D eigenvalue weighted by molar-refractivity contribution is 14.1. The molecule has 13 nitrogen and oxygen atoms in total. The second-order valence-corrected chi connectivity index (χ2v) is 16.0. The number of amides is 2. The molecule has 264 valence electrons. The molecular formula is C36H35FIN7O6. The molecule has 2 aromatic carbocycles. The van der Waals surface area contributed by atoms with Gasteiger partial charge in [0.05, 0.1) is 16.7 Å². The molecule has 2 amide bonds. The van der Waals surface area contributed by atoms with Gasteiger partial charge in [-0.05, 0) is 85.9 Å². The number of ether oxygens (including phenoxy) is 1. The van der Waals surface area contributed by atoms with Crippen molar-refractivity contribution < 1.29 is 28.2 Å². The molecule has 0 spiro atoms. The van der Waals surface area contributed by atoms with Crippen molar-refractivity contribution in [3.05, 3.63) is 82.4 Å². The third-order valence-corrected chi connectivity index (χ3v) is 9.97. The summed E-state index contributed by atoms with van der Waals surface area (Å²) in [5, 5.41) is 16.4. The fourth-order valence-electron chi connectivity index (χ4n) is 6.58. The van der Waals surface area contributed by atoms with Crippen LogP contribution in [0.2, 0.25) is 0 Å². The number of carbonyl (C=O) groups excluding carboxylic acids is 2. The maximum absolute atomic E-state index is 14.5. The molecule has 1 unspecified atom stereocenters. The number of nitrogens with two attached hydrogens (primary N) is 1. The van der Waals surface area contributed by atoms with E-state index in [-0.39, 0.29) is 34.6 Å². The van der Waals surface area contributed by atoms with Gasteiger partial charge in [0.2, 0.25) is 5.91 Å². The normalized spacial score (nSPS) is 16.5. The molecule has 5 aromatic rings. The van der Waals surface area contributed by atoms with Crippen LogP contribution in [-0.2, 0) is 13.1 Å². The summed E-state index contributed by atoms with van der Waals surface area (Å²) in [5.74, 6) is -0.925. The van der Waals surface area contributed by atoms with Gasteiger partial charge in [-0.15, -0.1) is 0 Å². The Kier molecular flexibility index (Phi) is 8.51. The first-order chi connectivity index (χ1) is 24.1. The van der Waals surface area contributed by atoms with Crippen LogP contribution in [0.25, 0.3) is 38.6 Å². The molecule has 0 radical (unpaired) electrons. The fourth-order valence-corrected chi connectivity index (χ4v) is 7.30. The maximum atomic E-state index is 14.5. The maximum Gasteiger partial charge on any atom is 0.410 e. The van der Waals surface area contributed by atoms with E-state index in [4.69, 9.17) is 20.0 Å². The van der Waals surface area contributed by atoms with Gasteiger partial charge < -0.3 is 29.8 Å². The number of phenolic OH excluding ortho intramolecular Hbond substituents is 1. The van der Waals surface area contributed by atoms with Crippen LogP contribution in [0.4, 0.5) is 15.0 Å². The number of aromatic hydroxyl groups is 1. The smallest absolute Gasteiger partial charge is 0.410 e. The number of phenols is 1. The van der Waals surface area contributed by atoms with E-state index in [0.717, 1.165) is 11.6 Å². The Morgan fingerprint density at radius 3 is 2.47 bits per heavy atom. The number of likely N-dealkylation sites (tertiary alicyclic amines) is 1. The number of fused-ring (bicyclic) bond motifs is 2. The number of nitrogen functional groups attached to an aromatic ring is 1. The Morgan fingerprint density at radius 2 is 1.80 bits per heavy atom. The molecule has 3 N–H and O–H groups in total. The lowest BCUT2D eigenvalue weighted by Crippen LogP contribution is -2.57. The van der Waals surface area contributed by atoms with E-state index in [1.54, 1.807) is 42.5 Å². The van der Waals surface area contributed by atoms with E-state index in [0.29, 0.717) is 65.7 Å². The molecule has 1 atom stereocenters. The summed E-state index contributed by atoms with van der Waals surface area (Å²) in [7, 11) is 0. The van der Waals surface area contributed by atoms with Gasteiger partial charge in [-0.2, -0.15) is 5.10 Å². The third-order valence-electron chi connectivity index (χ3n) is 9.02. The topological polar surface area (TPSA) is 170 Å². The van der Waals surface area contributed by atoms with E-state index >= 15 is 0 Å². The van der Waals surface area contributed by atoms with Gasteiger partial charge in [-0.25, -0.2) is 28.6 Å². The van der Waals surface area contributed by atoms with Crippen LogP contribution < -0.4 is 11.4 Å². The highest BCUT2D eigenvalue weighted by atomic mass is 127. The minimum Gasteiger partial charge on any atom is -0.508 e. The van der Waals surface area contributed by atoms with E-state index in [2.05, 4.69) is 32.6 Å². The molecule has 0 saturated carbocycles. The van der Waals surface area contributed by atoms with Gasteiger partial charge in [0.1, 0.15) is 35.0 Å². The standard InChI is InChI=1S/C36H35FIN7O6/c1-35(2,3)51-34(49)44-16-21(17-44)32(47)43-11-9-19(10-12-43)26-24-7-5-6-8-25(24)33(48)50-29(26)36(4,38)45-31-27(30(39)40-18-41-31)28(42-45)20-13-22(37)15-23(46)14-20/h5-9,13-15,18,21,46H,10-12,16-17H2,1-4H3,(H2,39,40,41). The van der Waals surface area contributed by atoms with Crippen LogP contribution in [0.5, 0.6) is 5.75 Å². The summed E-state index contributed by atoms with van der Waals surface area (Å²) < 4.78 is 26.4. The van der Waals surface area contributed by atoms with E-state index < -0.39 is 26.7 Å². The zero-order chi connectivity index (χ0) is 36.4. The minimum absolute atomic E-state index is 0.0373. The number of halogens is 2. The largest absolute Gasteiger partial charge is 0.508 e. The minimum atomic E-state index is -1.21. The first-order valence-electron chi connectivity index (χ1n) is 16.3. The number of hydrogen-bond acceptors (Lipinski definition) is 10. The van der Waals surface area contributed by atoms with Gasteiger partial charge in [0, 0.05) is 43.4 Å². The highest BCUT2D eigenvalue weighted by Gasteiger charge is 2.41. The van der Waals surface area contributed by atoms with Crippen LogP contribution >= 0.6 is 22.6 Å². The van der Waals surface area contributed by atoms with Crippen LogP contribution in [0.3, 0.4) is 0 Å². The van der Waals surface area contributed by atoms with E-state index in [1.165, 1.54) is 23.4 Å². The number of anilines is 1. The molecule has 7 rings (SSSR count). The predicted molar refractivity (Wildman–Crippen MR) is 197 cm³/mol. The van der Waals surface area contributed by atoms with Crippen molar-refractivity contribution in [2.45, 2.75) is 43.3 Å². The number of rotatable bonds is 5. The van der Waals surface area contributed by atoms with Crippen molar-refractivity contribution in [2.24, 2.45) is 5.92 Å². The van der Waals surface area contributed by atoms with Crippen molar-refractivity contribution in [3.8, 4) is 17.0 Å². The van der Waals surface area contributed by atoms with Gasteiger partial charge in [-0.3, -0.25) is 4.79 Å². The van der Waals surface area contributed by atoms with Crippen molar-refractivity contribution in [2.75, 3.05) is 31.9 Å². The summed E-state index contributed by atoms with van der Waals surface area (Å²) in [4.78, 5) is 51.3. The van der Waals surface area contributed by atoms with Gasteiger partial charge in [0.15, 0.2) is 15.0 Å². The molecule has 1 saturated heterocycles. The van der Waals surface area contributed by atoms with Crippen LogP contribution in [0, 0.1) is 11.7 Å². The third kappa shape index (κ3) is 6.27. The molecule has 1 fully saturated rings. The zero-order valence-electron chi connectivity index (χ0n) is 28.3. The number of nitrogens with zero attached hydrogens (tertiary/aromatic N) is 6. The van der Waals surface area contributed by atoms with E-state index in [1.807, 2.05) is 25.1 Å². The Hall–Kier alpha value is -5.06. The number of aromatic nitrogens is 4. The molecule has 51 heavy (non-hydrogen) atoms. The van der Waals surface area contributed by atoms with Crippen LogP contribution in [0.1, 0.15) is 45.4 Å². The van der Waals surface area contributed by atoms with Gasteiger partial charge in [0.25, 0.3) is 0 Å². The Labute approximate surface area is 305 Å². The van der Waals surface area contributed by atoms with Crippen molar-refractivity contribution in [3.63, 3.8) is 0 Å². The average molecular weight is 808 g/mol. The molecule has 2 aliphatic heterocycles. The number of alkyl halides is 1. The Morgan fingerprint density at radius 1 is 1.08 bits per heavy atom. The van der Waals surface area contributed by atoms with Crippen molar-refractivity contribution in [1.29, 1.82) is 0 Å². The summed E-state index contributed by atoms with van der Waals surface area (Å²) >= 11 is 2.14. The monoisotopic (exact) mass is 807 g/mol. The summed E-state index contributed by atoms with van der Waals surface area (Å²) in [6, 6.07) is 10.8. The van der Waals surface area contributed by atoms with E-state index in [9.17, 15) is 23.9 Å². The first kappa shape index (κ1) is 34.4. The summed E-state index contributed by atoms with van der Waals surface area (Å²) in [6.07, 6.45) is 3.29. The lowest BCUT2D eigenvalue weighted by atomic mass is 9.91. The lowest BCUT2D eigenvalue weighted by molar-refractivity contribution is -0.140. The summed E-state index contributed by atoms with van der Waals surface area (Å²) in [5.41, 5.74) is 7.52. The first-order valence-corrected chi connectivity index (χ1v) is 17.4. The molecule has 15 heteroatoms. The predicted octanol–water partition coefficient (Wildman–Crippen LogP) is 5.67. The van der Waals surface area contributed by atoms with Gasteiger partial charge >= 0.3 is 11.7 Å².